The molecule has 1 unspecified atom stereocenters. The van der Waals surface area contributed by atoms with E-state index in [0.717, 1.165) is 17.3 Å². The van der Waals surface area contributed by atoms with Gasteiger partial charge in [-0.25, -0.2) is 4.98 Å². The zero-order chi connectivity index (χ0) is 21.6. The van der Waals surface area contributed by atoms with Crippen molar-refractivity contribution in [1.29, 1.82) is 0 Å². The molecule has 2 heterocycles. The number of amides is 2. The number of morpholine rings is 1. The normalized spacial score (nSPS) is 16.0. The number of anilines is 1. The van der Waals surface area contributed by atoms with Crippen molar-refractivity contribution in [3.8, 4) is 5.75 Å². The van der Waals surface area contributed by atoms with Gasteiger partial charge in [-0.1, -0.05) is 24.3 Å². The predicted octanol–water partition coefficient (Wildman–Crippen LogP) is 2.21. The average Bonchev–Trinajstić information content (AvgIpc) is 2.82. The number of rotatable bonds is 6. The summed E-state index contributed by atoms with van der Waals surface area (Å²) in [6.07, 6.45) is 1.52. The van der Waals surface area contributed by atoms with Crippen molar-refractivity contribution in [2.75, 3.05) is 38.7 Å². The van der Waals surface area contributed by atoms with Gasteiger partial charge in [-0.05, 0) is 29.7 Å². The molecule has 1 fully saturated rings. The van der Waals surface area contributed by atoms with Gasteiger partial charge in [-0.15, -0.1) is 0 Å². The van der Waals surface area contributed by atoms with E-state index in [9.17, 15) is 9.59 Å². The molecule has 3 aromatic rings. The molecule has 1 aliphatic rings. The Morgan fingerprint density at radius 1 is 1.13 bits per heavy atom. The Labute approximate surface area is 180 Å². The van der Waals surface area contributed by atoms with Crippen molar-refractivity contribution in [3.63, 3.8) is 0 Å². The van der Waals surface area contributed by atoms with Gasteiger partial charge < -0.3 is 25.4 Å². The van der Waals surface area contributed by atoms with Gasteiger partial charge in [0.2, 0.25) is 0 Å². The second-order valence-corrected chi connectivity index (χ2v) is 7.15. The largest absolute Gasteiger partial charge is 0.496 e. The lowest BCUT2D eigenvalue weighted by molar-refractivity contribution is 0.0734. The minimum absolute atomic E-state index is 0.0464. The molecule has 1 saturated heterocycles. The van der Waals surface area contributed by atoms with Gasteiger partial charge in [0.15, 0.2) is 5.69 Å². The van der Waals surface area contributed by atoms with Crippen LogP contribution < -0.4 is 20.7 Å². The first kappa shape index (κ1) is 20.8. The first-order valence-electron chi connectivity index (χ1n) is 10.1. The number of benzene rings is 2. The van der Waals surface area contributed by atoms with Crippen LogP contribution >= 0.6 is 0 Å². The standard InChI is InChI=1S/C23H24N4O4/c1-30-20-9-8-18(16-5-2-3-6-17(16)20)22(28)27-19-7-4-10-25-21(19)23(29)26-13-15-14-31-12-11-24-15/h2-10,15,24H,11-14H2,1H3,(H,26,29)(H,27,28). The van der Waals surface area contributed by atoms with Gasteiger partial charge in [0, 0.05) is 36.3 Å². The number of pyridine rings is 1. The van der Waals surface area contributed by atoms with Crippen LogP contribution in [0.15, 0.2) is 54.7 Å². The monoisotopic (exact) mass is 420 g/mol. The molecule has 3 N–H and O–H groups in total. The van der Waals surface area contributed by atoms with E-state index in [2.05, 4.69) is 20.9 Å². The van der Waals surface area contributed by atoms with E-state index in [1.54, 1.807) is 31.4 Å². The molecule has 2 amide bonds. The van der Waals surface area contributed by atoms with Crippen molar-refractivity contribution < 1.29 is 19.1 Å². The smallest absolute Gasteiger partial charge is 0.272 e. The van der Waals surface area contributed by atoms with Gasteiger partial charge in [0.1, 0.15) is 5.75 Å². The number of carbonyl (C=O) groups is 2. The highest BCUT2D eigenvalue weighted by Gasteiger charge is 2.19. The van der Waals surface area contributed by atoms with Gasteiger partial charge in [0.05, 0.1) is 26.0 Å². The number of hydrogen-bond donors (Lipinski definition) is 3. The highest BCUT2D eigenvalue weighted by atomic mass is 16.5. The molecule has 1 aliphatic heterocycles. The number of fused-ring (bicyclic) bond motifs is 1. The third-order valence-corrected chi connectivity index (χ3v) is 5.13. The highest BCUT2D eigenvalue weighted by molar-refractivity contribution is 6.15. The summed E-state index contributed by atoms with van der Waals surface area (Å²) in [6.45, 7) is 2.37. The Morgan fingerprint density at radius 3 is 2.74 bits per heavy atom. The van der Waals surface area contributed by atoms with E-state index in [-0.39, 0.29) is 23.6 Å². The molecule has 8 heteroatoms. The lowest BCUT2D eigenvalue weighted by Crippen LogP contribution is -2.48. The first-order valence-corrected chi connectivity index (χ1v) is 10.1. The van der Waals surface area contributed by atoms with Gasteiger partial charge in [-0.3, -0.25) is 9.59 Å². The third-order valence-electron chi connectivity index (χ3n) is 5.13. The maximum atomic E-state index is 13.1. The fraction of sp³-hybridized carbons (Fsp3) is 0.261. The van der Waals surface area contributed by atoms with Gasteiger partial charge in [-0.2, -0.15) is 0 Å². The van der Waals surface area contributed by atoms with Gasteiger partial charge in [0.25, 0.3) is 11.8 Å². The summed E-state index contributed by atoms with van der Waals surface area (Å²) in [5, 5.41) is 10.6. The quantitative estimate of drug-likeness (QED) is 0.565. The van der Waals surface area contributed by atoms with Crippen LogP contribution in [-0.2, 0) is 4.74 Å². The van der Waals surface area contributed by atoms with E-state index >= 15 is 0 Å². The Kier molecular flexibility index (Phi) is 6.40. The number of aromatic nitrogens is 1. The number of carbonyl (C=O) groups excluding carboxylic acids is 2. The maximum absolute atomic E-state index is 13.1. The summed E-state index contributed by atoms with van der Waals surface area (Å²) in [7, 11) is 1.59. The van der Waals surface area contributed by atoms with Crippen molar-refractivity contribution in [2.24, 2.45) is 0 Å². The molecule has 0 radical (unpaired) electrons. The Morgan fingerprint density at radius 2 is 1.97 bits per heavy atom. The summed E-state index contributed by atoms with van der Waals surface area (Å²) in [5.74, 6) is 0.00000836. The Bertz CT molecular complexity index is 1100. The molecule has 8 nitrogen and oxygen atoms in total. The minimum atomic E-state index is -0.358. The van der Waals surface area contributed by atoms with Crippen LogP contribution in [0.2, 0.25) is 0 Å². The molecular weight excluding hydrogens is 396 g/mol. The zero-order valence-corrected chi connectivity index (χ0v) is 17.2. The fourth-order valence-corrected chi connectivity index (χ4v) is 3.57. The van der Waals surface area contributed by atoms with Crippen molar-refractivity contribution in [3.05, 3.63) is 66.0 Å². The molecule has 0 saturated carbocycles. The van der Waals surface area contributed by atoms with Crippen molar-refractivity contribution >= 4 is 28.3 Å². The van der Waals surface area contributed by atoms with E-state index in [4.69, 9.17) is 9.47 Å². The Balaban J connectivity index is 1.53. The highest BCUT2D eigenvalue weighted by Crippen LogP contribution is 2.29. The average molecular weight is 420 g/mol. The van der Waals surface area contributed by atoms with Crippen LogP contribution in [0.4, 0.5) is 5.69 Å². The second kappa shape index (κ2) is 9.55. The summed E-state index contributed by atoms with van der Waals surface area (Å²) in [4.78, 5) is 30.0. The van der Waals surface area contributed by atoms with Gasteiger partial charge >= 0.3 is 0 Å². The number of methoxy groups -OCH3 is 1. The number of nitrogens with one attached hydrogen (secondary N) is 3. The third kappa shape index (κ3) is 4.65. The fourth-order valence-electron chi connectivity index (χ4n) is 3.57. The van der Waals surface area contributed by atoms with Crippen LogP contribution in [0.25, 0.3) is 10.8 Å². The second-order valence-electron chi connectivity index (χ2n) is 7.15. The van der Waals surface area contributed by atoms with Crippen LogP contribution in [0, 0.1) is 0 Å². The molecule has 4 rings (SSSR count). The topological polar surface area (TPSA) is 102 Å². The SMILES string of the molecule is COc1ccc(C(=O)Nc2cccnc2C(=O)NCC2COCCN2)c2ccccc12. The molecule has 1 aromatic heterocycles. The summed E-state index contributed by atoms with van der Waals surface area (Å²) in [5.41, 5.74) is 0.985. The molecular formula is C23H24N4O4. The van der Waals surface area contributed by atoms with E-state index in [1.807, 2.05) is 24.3 Å². The van der Waals surface area contributed by atoms with E-state index in [0.29, 0.717) is 36.8 Å². The van der Waals surface area contributed by atoms with Crippen LogP contribution in [0.1, 0.15) is 20.8 Å². The van der Waals surface area contributed by atoms with Crippen molar-refractivity contribution in [1.82, 2.24) is 15.6 Å². The molecule has 2 aromatic carbocycles. The molecule has 0 bridgehead atoms. The number of ether oxygens (including phenoxy) is 2. The zero-order valence-electron chi connectivity index (χ0n) is 17.2. The summed E-state index contributed by atoms with van der Waals surface area (Å²) >= 11 is 0. The maximum Gasteiger partial charge on any atom is 0.272 e. The van der Waals surface area contributed by atoms with E-state index in [1.165, 1.54) is 6.20 Å². The van der Waals surface area contributed by atoms with Crippen molar-refractivity contribution in [2.45, 2.75) is 6.04 Å². The molecule has 0 spiro atoms. The summed E-state index contributed by atoms with van der Waals surface area (Å²) < 4.78 is 10.8. The molecule has 31 heavy (non-hydrogen) atoms. The minimum Gasteiger partial charge on any atom is -0.496 e. The van der Waals surface area contributed by atoms with Crippen LogP contribution in [0.3, 0.4) is 0 Å². The predicted molar refractivity (Wildman–Crippen MR) is 118 cm³/mol. The molecule has 0 aliphatic carbocycles. The van der Waals surface area contributed by atoms with E-state index < -0.39 is 0 Å². The number of hydrogen-bond acceptors (Lipinski definition) is 6. The first-order chi connectivity index (χ1) is 15.2. The van der Waals surface area contributed by atoms with Crippen LogP contribution in [0.5, 0.6) is 5.75 Å². The molecule has 1 atom stereocenters. The lowest BCUT2D eigenvalue weighted by atomic mass is 10.0. The van der Waals surface area contributed by atoms with Crippen LogP contribution in [-0.4, -0.2) is 56.3 Å². The lowest BCUT2D eigenvalue weighted by Gasteiger charge is -2.24. The summed E-state index contributed by atoms with van der Waals surface area (Å²) in [6, 6.07) is 14.4. The number of nitrogens with zero attached hydrogens (tertiary/aromatic N) is 1. The Hall–Kier alpha value is -3.49. The molecule has 160 valence electrons.